The largest absolute Gasteiger partial charge is 0.478 e. The van der Waals surface area contributed by atoms with Crippen molar-refractivity contribution in [2.75, 3.05) is 24.5 Å². The van der Waals surface area contributed by atoms with Crippen LogP contribution in [0, 0.1) is 12.8 Å². The van der Waals surface area contributed by atoms with Crippen molar-refractivity contribution < 1.29 is 14.7 Å². The van der Waals surface area contributed by atoms with E-state index in [1.165, 1.54) is 11.3 Å². The van der Waals surface area contributed by atoms with E-state index in [0.29, 0.717) is 28.1 Å². The second-order valence-electron chi connectivity index (χ2n) is 7.96. The Bertz CT molecular complexity index is 1130. The van der Waals surface area contributed by atoms with Gasteiger partial charge in [0.15, 0.2) is 0 Å². The normalized spacial score (nSPS) is 16.1. The van der Waals surface area contributed by atoms with E-state index in [4.69, 9.17) is 11.6 Å². The molecule has 0 saturated carbocycles. The Morgan fingerprint density at radius 3 is 2.78 bits per heavy atom. The van der Waals surface area contributed by atoms with E-state index >= 15 is 0 Å². The van der Waals surface area contributed by atoms with Gasteiger partial charge in [0.1, 0.15) is 9.88 Å². The molecule has 3 aromatic rings. The second kappa shape index (κ2) is 9.71. The number of carbonyl (C=O) groups excluding carboxylic acids is 1. The van der Waals surface area contributed by atoms with Gasteiger partial charge in [-0.25, -0.2) is 9.78 Å². The quantitative estimate of drug-likeness (QED) is 0.523. The van der Waals surface area contributed by atoms with E-state index in [1.54, 1.807) is 18.2 Å². The zero-order valence-electron chi connectivity index (χ0n) is 17.7. The number of aryl methyl sites for hydroxylation is 1. The molecule has 1 aromatic heterocycles. The molecule has 1 aliphatic heterocycles. The first-order valence-corrected chi connectivity index (χ1v) is 11.7. The Morgan fingerprint density at radius 2 is 2.03 bits per heavy atom. The average Bonchev–Trinajstić information content (AvgIpc) is 3.20. The van der Waals surface area contributed by atoms with E-state index in [9.17, 15) is 14.7 Å². The van der Waals surface area contributed by atoms with Gasteiger partial charge in [0.2, 0.25) is 0 Å². The van der Waals surface area contributed by atoms with Gasteiger partial charge in [-0.2, -0.15) is 0 Å². The van der Waals surface area contributed by atoms with Gasteiger partial charge < -0.3 is 15.3 Å². The Labute approximate surface area is 195 Å². The molecule has 1 amide bonds. The number of hydrogen-bond donors (Lipinski definition) is 2. The number of nitrogens with zero attached hydrogens (tertiary/aromatic N) is 2. The van der Waals surface area contributed by atoms with Crippen LogP contribution >= 0.6 is 22.9 Å². The molecule has 8 heteroatoms. The zero-order chi connectivity index (χ0) is 22.7. The first kappa shape index (κ1) is 22.3. The molecule has 0 aliphatic carbocycles. The number of rotatable bonds is 6. The summed E-state index contributed by atoms with van der Waals surface area (Å²) >= 11 is 7.34. The first-order valence-electron chi connectivity index (χ1n) is 10.5. The number of carboxylic acids is 1. The molecule has 0 bridgehead atoms. The molecular formula is C24H24ClN3O3S. The van der Waals surface area contributed by atoms with Crippen molar-refractivity contribution in [2.24, 2.45) is 5.92 Å². The van der Waals surface area contributed by atoms with Gasteiger partial charge in [0.05, 0.1) is 11.3 Å². The molecule has 4 rings (SSSR count). The van der Waals surface area contributed by atoms with E-state index < -0.39 is 5.97 Å². The van der Waals surface area contributed by atoms with Crippen molar-refractivity contribution in [1.29, 1.82) is 0 Å². The lowest BCUT2D eigenvalue weighted by molar-refractivity contribution is 0.0696. The fourth-order valence-electron chi connectivity index (χ4n) is 3.94. The van der Waals surface area contributed by atoms with Crippen LogP contribution in [0.5, 0.6) is 0 Å². The van der Waals surface area contributed by atoms with Crippen LogP contribution < -0.4 is 10.2 Å². The highest BCUT2D eigenvalue weighted by Gasteiger charge is 2.23. The maximum absolute atomic E-state index is 12.8. The third-order valence-electron chi connectivity index (χ3n) is 5.62. The Hall–Kier alpha value is -2.90. The number of aromatic carboxylic acids is 1. The fraction of sp³-hybridized carbons (Fsp3) is 0.292. The monoisotopic (exact) mass is 469 g/mol. The maximum Gasteiger partial charge on any atom is 0.335 e. The first-order chi connectivity index (χ1) is 15.4. The van der Waals surface area contributed by atoms with Crippen molar-refractivity contribution in [2.45, 2.75) is 19.8 Å². The molecule has 0 unspecified atom stereocenters. The molecule has 1 atom stereocenters. The van der Waals surface area contributed by atoms with Gasteiger partial charge in [-0.05, 0) is 56.0 Å². The molecule has 6 nitrogen and oxygen atoms in total. The lowest BCUT2D eigenvalue weighted by Crippen LogP contribution is -2.41. The summed E-state index contributed by atoms with van der Waals surface area (Å²) in [6.45, 7) is 4.08. The molecule has 2 N–H and O–H groups in total. The number of anilines is 1. The van der Waals surface area contributed by atoms with E-state index in [2.05, 4.69) is 15.2 Å². The third kappa shape index (κ3) is 5.11. The van der Waals surface area contributed by atoms with Crippen molar-refractivity contribution in [3.05, 3.63) is 69.7 Å². The molecule has 1 saturated heterocycles. The van der Waals surface area contributed by atoms with E-state index in [-0.39, 0.29) is 11.5 Å². The number of carboxylic acid groups (broad SMARTS) is 1. The van der Waals surface area contributed by atoms with Crippen LogP contribution in [0.4, 0.5) is 5.69 Å². The summed E-state index contributed by atoms with van der Waals surface area (Å²) in [4.78, 5) is 31.5. The number of nitrogens with one attached hydrogen (secondary N) is 1. The van der Waals surface area contributed by atoms with Gasteiger partial charge in [0, 0.05) is 35.9 Å². The predicted octanol–water partition coefficient (Wildman–Crippen LogP) is 5.12. The van der Waals surface area contributed by atoms with Gasteiger partial charge in [-0.1, -0.05) is 29.8 Å². The summed E-state index contributed by atoms with van der Waals surface area (Å²) < 4.78 is 0. The molecule has 2 aromatic carbocycles. The number of halogens is 1. The van der Waals surface area contributed by atoms with Crippen LogP contribution in [-0.4, -0.2) is 41.6 Å². The SMILES string of the molecule is Cc1nc(-c2ccc(Cl)cc2)sc1C(=O)NC[C@@H]1CCCN(c2cccc(C(=O)O)c2)C1. The minimum absolute atomic E-state index is 0.106. The topological polar surface area (TPSA) is 82.5 Å². The number of aromatic nitrogens is 1. The second-order valence-corrected chi connectivity index (χ2v) is 9.40. The number of piperidine rings is 1. The lowest BCUT2D eigenvalue weighted by atomic mass is 9.97. The summed E-state index contributed by atoms with van der Waals surface area (Å²) in [5, 5.41) is 13.8. The Kier molecular flexibility index (Phi) is 6.77. The molecule has 1 fully saturated rings. The number of benzene rings is 2. The number of thiazole rings is 1. The van der Waals surface area contributed by atoms with Gasteiger partial charge >= 0.3 is 5.97 Å². The van der Waals surface area contributed by atoms with Gasteiger partial charge in [-0.3, -0.25) is 4.79 Å². The van der Waals surface area contributed by atoms with Crippen molar-refractivity contribution in [3.63, 3.8) is 0 Å². The highest BCUT2D eigenvalue weighted by Crippen LogP contribution is 2.29. The minimum atomic E-state index is -0.925. The molecule has 32 heavy (non-hydrogen) atoms. The summed E-state index contributed by atoms with van der Waals surface area (Å²) in [5.74, 6) is -0.735. The average molecular weight is 470 g/mol. The van der Waals surface area contributed by atoms with Crippen LogP contribution in [0.15, 0.2) is 48.5 Å². The molecule has 166 valence electrons. The predicted molar refractivity (Wildman–Crippen MR) is 128 cm³/mol. The van der Waals surface area contributed by atoms with Crippen LogP contribution in [0.3, 0.4) is 0 Å². The summed E-state index contributed by atoms with van der Waals surface area (Å²) in [6.07, 6.45) is 2.02. The van der Waals surface area contributed by atoms with Gasteiger partial charge in [0.25, 0.3) is 5.91 Å². The molecule has 0 radical (unpaired) electrons. The Morgan fingerprint density at radius 1 is 1.25 bits per heavy atom. The van der Waals surface area contributed by atoms with E-state index in [0.717, 1.165) is 42.2 Å². The van der Waals surface area contributed by atoms with Crippen LogP contribution in [0.25, 0.3) is 10.6 Å². The van der Waals surface area contributed by atoms with Crippen molar-refractivity contribution in [1.82, 2.24) is 10.3 Å². The summed E-state index contributed by atoms with van der Waals surface area (Å²) in [7, 11) is 0. The maximum atomic E-state index is 12.8. The Balaban J connectivity index is 1.38. The van der Waals surface area contributed by atoms with Crippen LogP contribution in [0.2, 0.25) is 5.02 Å². The van der Waals surface area contributed by atoms with Crippen molar-refractivity contribution >= 4 is 40.5 Å². The number of amides is 1. The third-order valence-corrected chi connectivity index (χ3v) is 7.08. The fourth-order valence-corrected chi connectivity index (χ4v) is 5.06. The van der Waals surface area contributed by atoms with Gasteiger partial charge in [-0.15, -0.1) is 11.3 Å². The highest BCUT2D eigenvalue weighted by molar-refractivity contribution is 7.17. The smallest absolute Gasteiger partial charge is 0.335 e. The zero-order valence-corrected chi connectivity index (χ0v) is 19.2. The summed E-state index contributed by atoms with van der Waals surface area (Å²) in [6, 6.07) is 14.5. The number of hydrogen-bond acceptors (Lipinski definition) is 5. The molecule has 0 spiro atoms. The number of carbonyl (C=O) groups is 2. The lowest BCUT2D eigenvalue weighted by Gasteiger charge is -2.34. The summed E-state index contributed by atoms with van der Waals surface area (Å²) in [5.41, 5.74) is 2.85. The molecule has 2 heterocycles. The van der Waals surface area contributed by atoms with E-state index in [1.807, 2.05) is 37.3 Å². The highest BCUT2D eigenvalue weighted by atomic mass is 35.5. The minimum Gasteiger partial charge on any atom is -0.478 e. The molecular weight excluding hydrogens is 446 g/mol. The molecule has 1 aliphatic rings. The standard InChI is InChI=1S/C24H24ClN3O3S/c1-15-21(32-23(27-15)17-7-9-19(25)10-8-17)22(29)26-13-16-4-3-11-28(14-16)20-6-2-5-18(12-20)24(30)31/h2,5-10,12,16H,3-4,11,13-14H2,1H3,(H,26,29)(H,30,31)/t16-/m0/s1. The van der Waals surface area contributed by atoms with Crippen LogP contribution in [0.1, 0.15) is 38.6 Å². The van der Waals surface area contributed by atoms with Crippen molar-refractivity contribution in [3.8, 4) is 10.6 Å². The van der Waals surface area contributed by atoms with Crippen LogP contribution in [-0.2, 0) is 0 Å².